The Balaban J connectivity index is 2.22. The van der Waals surface area contributed by atoms with Gasteiger partial charge in [0, 0.05) is 19.1 Å². The van der Waals surface area contributed by atoms with E-state index in [1.807, 2.05) is 12.1 Å². The molecular formula is C17H27NO3. The first-order chi connectivity index (χ1) is 9.96. The molecule has 4 nitrogen and oxygen atoms in total. The molecule has 4 heteroatoms. The van der Waals surface area contributed by atoms with Crippen molar-refractivity contribution in [3.63, 3.8) is 0 Å². The van der Waals surface area contributed by atoms with Crippen LogP contribution in [0.25, 0.3) is 0 Å². The van der Waals surface area contributed by atoms with Crippen LogP contribution in [0.4, 0.5) is 0 Å². The average molecular weight is 293 g/mol. The molecule has 0 aromatic heterocycles. The zero-order valence-electron chi connectivity index (χ0n) is 13.7. The maximum absolute atomic E-state index is 9.99. The van der Waals surface area contributed by atoms with E-state index in [9.17, 15) is 5.11 Å². The molecule has 1 saturated heterocycles. The Morgan fingerprint density at radius 1 is 1.14 bits per heavy atom. The molecule has 1 aromatic carbocycles. The predicted molar refractivity (Wildman–Crippen MR) is 84.0 cm³/mol. The van der Waals surface area contributed by atoms with Crippen molar-refractivity contribution in [2.24, 2.45) is 11.8 Å². The highest BCUT2D eigenvalue weighted by Crippen LogP contribution is 2.38. The minimum Gasteiger partial charge on any atom is -0.502 e. The zero-order valence-corrected chi connectivity index (χ0v) is 13.7. The standard InChI is InChI=1S/C17H27NO3/c1-11-6-12(2)13(3)18(9-11)10-14-7-15(20-4)17(19)16(8-14)21-5/h7-8,11-13,19H,6,9-10H2,1-5H3. The van der Waals surface area contributed by atoms with Gasteiger partial charge < -0.3 is 14.6 Å². The van der Waals surface area contributed by atoms with Gasteiger partial charge in [-0.15, -0.1) is 0 Å². The summed E-state index contributed by atoms with van der Waals surface area (Å²) in [6, 6.07) is 4.36. The van der Waals surface area contributed by atoms with Gasteiger partial charge in [0.05, 0.1) is 14.2 Å². The number of hydrogen-bond acceptors (Lipinski definition) is 4. The summed E-state index contributed by atoms with van der Waals surface area (Å²) >= 11 is 0. The Hall–Kier alpha value is -1.42. The SMILES string of the molecule is COc1cc(CN2CC(C)CC(C)C2C)cc(OC)c1O. The van der Waals surface area contributed by atoms with E-state index in [1.54, 1.807) is 14.2 Å². The van der Waals surface area contributed by atoms with Gasteiger partial charge >= 0.3 is 0 Å². The molecule has 1 N–H and O–H groups in total. The summed E-state index contributed by atoms with van der Waals surface area (Å²) in [5, 5.41) is 9.99. The lowest BCUT2D eigenvalue weighted by molar-refractivity contribution is 0.0728. The highest BCUT2D eigenvalue weighted by atomic mass is 16.5. The summed E-state index contributed by atoms with van der Waals surface area (Å²) in [4.78, 5) is 2.50. The number of piperidine rings is 1. The molecule has 1 fully saturated rings. The van der Waals surface area contributed by atoms with Crippen LogP contribution in [0.1, 0.15) is 32.8 Å². The first-order valence-electron chi connectivity index (χ1n) is 7.64. The summed E-state index contributed by atoms with van der Waals surface area (Å²) in [6.45, 7) is 8.89. The number of aromatic hydroxyl groups is 1. The van der Waals surface area contributed by atoms with Crippen molar-refractivity contribution in [1.29, 1.82) is 0 Å². The fourth-order valence-electron chi connectivity index (χ4n) is 3.31. The molecule has 0 spiro atoms. The van der Waals surface area contributed by atoms with Crippen LogP contribution in [0.3, 0.4) is 0 Å². The van der Waals surface area contributed by atoms with E-state index in [2.05, 4.69) is 25.7 Å². The maximum atomic E-state index is 9.99. The third kappa shape index (κ3) is 3.43. The van der Waals surface area contributed by atoms with E-state index in [0.717, 1.165) is 24.6 Å². The second-order valence-electron chi connectivity index (χ2n) is 6.34. The Bertz CT molecular complexity index is 464. The molecule has 2 rings (SSSR count). The van der Waals surface area contributed by atoms with Gasteiger partial charge in [0.1, 0.15) is 0 Å². The van der Waals surface area contributed by atoms with E-state index in [0.29, 0.717) is 23.5 Å². The number of nitrogens with zero attached hydrogens (tertiary/aromatic N) is 1. The van der Waals surface area contributed by atoms with Gasteiger partial charge in [-0.2, -0.15) is 0 Å². The number of phenolic OH excluding ortho intramolecular Hbond substituents is 1. The Labute approximate surface area is 127 Å². The minimum atomic E-state index is 0.0668. The fourth-order valence-corrected chi connectivity index (χ4v) is 3.31. The Morgan fingerprint density at radius 2 is 1.71 bits per heavy atom. The first-order valence-corrected chi connectivity index (χ1v) is 7.64. The Morgan fingerprint density at radius 3 is 2.24 bits per heavy atom. The maximum Gasteiger partial charge on any atom is 0.200 e. The van der Waals surface area contributed by atoms with Crippen LogP contribution in [-0.4, -0.2) is 36.8 Å². The van der Waals surface area contributed by atoms with Crippen molar-refractivity contribution in [2.75, 3.05) is 20.8 Å². The third-order valence-electron chi connectivity index (χ3n) is 4.65. The fraction of sp³-hybridized carbons (Fsp3) is 0.647. The van der Waals surface area contributed by atoms with Gasteiger partial charge in [0.25, 0.3) is 0 Å². The van der Waals surface area contributed by atoms with Crippen LogP contribution in [0.2, 0.25) is 0 Å². The quantitative estimate of drug-likeness (QED) is 0.925. The molecule has 0 saturated carbocycles. The third-order valence-corrected chi connectivity index (χ3v) is 4.65. The number of hydrogen-bond donors (Lipinski definition) is 1. The minimum absolute atomic E-state index is 0.0668. The monoisotopic (exact) mass is 293 g/mol. The molecule has 1 aliphatic rings. The second kappa shape index (κ2) is 6.56. The molecule has 1 heterocycles. The van der Waals surface area contributed by atoms with Crippen LogP contribution < -0.4 is 9.47 Å². The van der Waals surface area contributed by atoms with Crippen LogP contribution in [0, 0.1) is 11.8 Å². The first kappa shape index (κ1) is 16.0. The molecule has 0 aliphatic carbocycles. The lowest BCUT2D eigenvalue weighted by atomic mass is 9.86. The lowest BCUT2D eigenvalue weighted by Gasteiger charge is -2.41. The highest BCUT2D eigenvalue weighted by molar-refractivity contribution is 5.52. The average Bonchev–Trinajstić information content (AvgIpc) is 2.45. The molecule has 21 heavy (non-hydrogen) atoms. The number of rotatable bonds is 4. The summed E-state index contributed by atoms with van der Waals surface area (Å²) in [5.41, 5.74) is 1.11. The van der Waals surface area contributed by atoms with E-state index in [-0.39, 0.29) is 5.75 Å². The number of methoxy groups -OCH3 is 2. The summed E-state index contributed by atoms with van der Waals surface area (Å²) in [7, 11) is 3.12. The van der Waals surface area contributed by atoms with Crippen molar-refractivity contribution in [3.05, 3.63) is 17.7 Å². The van der Waals surface area contributed by atoms with Gasteiger partial charge in [-0.3, -0.25) is 4.90 Å². The van der Waals surface area contributed by atoms with Crippen LogP contribution in [0.5, 0.6) is 17.2 Å². The molecule has 0 radical (unpaired) electrons. The van der Waals surface area contributed by atoms with Gasteiger partial charge in [-0.25, -0.2) is 0 Å². The van der Waals surface area contributed by atoms with E-state index in [4.69, 9.17) is 9.47 Å². The van der Waals surface area contributed by atoms with Crippen molar-refractivity contribution in [3.8, 4) is 17.2 Å². The van der Waals surface area contributed by atoms with Crippen molar-refractivity contribution < 1.29 is 14.6 Å². The van der Waals surface area contributed by atoms with Crippen LogP contribution in [-0.2, 0) is 6.54 Å². The second-order valence-corrected chi connectivity index (χ2v) is 6.34. The van der Waals surface area contributed by atoms with E-state index in [1.165, 1.54) is 6.42 Å². The Kier molecular flexibility index (Phi) is 4.99. The summed E-state index contributed by atoms with van der Waals surface area (Å²) in [6.07, 6.45) is 1.29. The predicted octanol–water partition coefficient (Wildman–Crippen LogP) is 3.28. The molecule has 0 bridgehead atoms. The normalized spacial score (nSPS) is 26.6. The van der Waals surface area contributed by atoms with Crippen LogP contribution in [0.15, 0.2) is 12.1 Å². The summed E-state index contributed by atoms with van der Waals surface area (Å²) in [5.74, 6) is 2.43. The van der Waals surface area contributed by atoms with E-state index < -0.39 is 0 Å². The topological polar surface area (TPSA) is 41.9 Å². The molecule has 1 aliphatic heterocycles. The van der Waals surface area contributed by atoms with Gasteiger partial charge in [0.2, 0.25) is 5.75 Å². The van der Waals surface area contributed by atoms with Crippen molar-refractivity contribution in [1.82, 2.24) is 4.90 Å². The molecule has 3 atom stereocenters. The molecule has 1 aromatic rings. The number of likely N-dealkylation sites (tertiary alicyclic amines) is 1. The molecule has 3 unspecified atom stereocenters. The summed E-state index contributed by atoms with van der Waals surface area (Å²) < 4.78 is 10.5. The zero-order chi connectivity index (χ0) is 15.6. The van der Waals surface area contributed by atoms with Crippen molar-refractivity contribution >= 4 is 0 Å². The van der Waals surface area contributed by atoms with E-state index >= 15 is 0 Å². The van der Waals surface area contributed by atoms with Gasteiger partial charge in [-0.05, 0) is 42.9 Å². The molecular weight excluding hydrogens is 266 g/mol. The highest BCUT2D eigenvalue weighted by Gasteiger charge is 2.29. The van der Waals surface area contributed by atoms with Crippen LogP contribution >= 0.6 is 0 Å². The smallest absolute Gasteiger partial charge is 0.200 e. The van der Waals surface area contributed by atoms with Crippen molar-refractivity contribution in [2.45, 2.75) is 39.8 Å². The molecule has 0 amide bonds. The van der Waals surface area contributed by atoms with Gasteiger partial charge in [0.15, 0.2) is 11.5 Å². The number of phenols is 1. The van der Waals surface area contributed by atoms with Gasteiger partial charge in [-0.1, -0.05) is 13.8 Å². The molecule has 118 valence electrons. The number of ether oxygens (including phenoxy) is 2. The number of benzene rings is 1. The largest absolute Gasteiger partial charge is 0.502 e. The lowest BCUT2D eigenvalue weighted by Crippen LogP contribution is -2.45.